The van der Waals surface area contributed by atoms with E-state index in [1.54, 1.807) is 7.11 Å². The lowest BCUT2D eigenvalue weighted by molar-refractivity contribution is 0.142. The van der Waals surface area contributed by atoms with Crippen molar-refractivity contribution in [2.45, 2.75) is 39.3 Å². The lowest BCUT2D eigenvalue weighted by atomic mass is 9.99. The number of piperidine rings is 1. The van der Waals surface area contributed by atoms with Gasteiger partial charge in [0.25, 0.3) is 0 Å². The largest absolute Gasteiger partial charge is 0.380 e. The molecular weight excluding hydrogens is 415 g/mol. The number of nitrogens with two attached hydrogens (primary N) is 1. The van der Waals surface area contributed by atoms with Crippen LogP contribution in [-0.2, 0) is 11.3 Å². The van der Waals surface area contributed by atoms with Crippen LogP contribution in [0.5, 0.6) is 0 Å². The van der Waals surface area contributed by atoms with Crippen molar-refractivity contribution in [1.29, 1.82) is 0 Å². The van der Waals surface area contributed by atoms with Crippen LogP contribution in [0.15, 0.2) is 29.3 Å². The number of hydrogen-bond acceptors (Lipinski definition) is 3. The summed E-state index contributed by atoms with van der Waals surface area (Å²) in [4.78, 5) is 7.04. The minimum absolute atomic E-state index is 0. The first-order chi connectivity index (χ1) is 11.1. The molecule has 2 unspecified atom stereocenters. The number of rotatable bonds is 6. The number of benzene rings is 1. The molecule has 1 fully saturated rings. The summed E-state index contributed by atoms with van der Waals surface area (Å²) in [5, 5.41) is 3.19. The molecule has 5 nitrogen and oxygen atoms in total. The molecule has 0 spiro atoms. The molecule has 0 amide bonds. The summed E-state index contributed by atoms with van der Waals surface area (Å²) in [5.41, 5.74) is 8.08. The van der Waals surface area contributed by atoms with E-state index in [1.807, 2.05) is 24.3 Å². The van der Waals surface area contributed by atoms with Crippen LogP contribution in [0.1, 0.15) is 32.3 Å². The van der Waals surface area contributed by atoms with Gasteiger partial charge in [-0.3, -0.25) is 9.89 Å². The molecule has 2 atom stereocenters. The Kier molecular flexibility index (Phi) is 9.61. The molecule has 0 saturated carbocycles. The van der Waals surface area contributed by atoms with Gasteiger partial charge < -0.3 is 15.8 Å². The highest BCUT2D eigenvalue weighted by molar-refractivity contribution is 14.0. The average Bonchev–Trinajstić information content (AvgIpc) is 2.54. The zero-order valence-electron chi connectivity index (χ0n) is 15.0. The first-order valence-electron chi connectivity index (χ1n) is 8.48. The number of aliphatic imine (C=N–C) groups is 1. The summed E-state index contributed by atoms with van der Waals surface area (Å²) < 4.78 is 5.21. The average molecular weight is 446 g/mol. The smallest absolute Gasteiger partial charge is 0.193 e. The van der Waals surface area contributed by atoms with Gasteiger partial charge in [-0.25, -0.2) is 0 Å². The second-order valence-electron chi connectivity index (χ2n) is 6.53. The molecule has 0 radical (unpaired) electrons. The summed E-state index contributed by atoms with van der Waals surface area (Å²) in [7, 11) is 1.69. The van der Waals surface area contributed by atoms with E-state index in [-0.39, 0.29) is 24.0 Å². The normalized spacial score (nSPS) is 20.3. The highest BCUT2D eigenvalue weighted by Gasteiger charge is 2.20. The third kappa shape index (κ3) is 6.57. The van der Waals surface area contributed by atoms with Crippen molar-refractivity contribution in [3.63, 3.8) is 0 Å². The van der Waals surface area contributed by atoms with Crippen LogP contribution >= 0.6 is 24.0 Å². The van der Waals surface area contributed by atoms with E-state index in [4.69, 9.17) is 10.5 Å². The van der Waals surface area contributed by atoms with E-state index in [0.717, 1.165) is 23.7 Å². The van der Waals surface area contributed by atoms with Crippen LogP contribution in [-0.4, -0.2) is 43.6 Å². The summed E-state index contributed by atoms with van der Waals surface area (Å²) in [6.45, 7) is 8.17. The summed E-state index contributed by atoms with van der Waals surface area (Å²) >= 11 is 0. The first-order valence-corrected chi connectivity index (χ1v) is 8.48. The van der Waals surface area contributed by atoms with Gasteiger partial charge in [-0.1, -0.05) is 25.1 Å². The zero-order valence-corrected chi connectivity index (χ0v) is 17.3. The Bertz CT molecular complexity index is 523. The van der Waals surface area contributed by atoms with Gasteiger partial charge in [0.2, 0.25) is 0 Å². The second kappa shape index (κ2) is 10.9. The van der Waals surface area contributed by atoms with Crippen LogP contribution in [0, 0.1) is 5.92 Å². The van der Waals surface area contributed by atoms with Crippen LogP contribution in [0.3, 0.4) is 0 Å². The molecular formula is C18H31IN4O. The molecule has 1 heterocycles. The zero-order chi connectivity index (χ0) is 16.7. The molecule has 0 aromatic heterocycles. The van der Waals surface area contributed by atoms with Gasteiger partial charge in [0.1, 0.15) is 0 Å². The quantitative estimate of drug-likeness (QED) is 0.400. The molecule has 24 heavy (non-hydrogen) atoms. The maximum absolute atomic E-state index is 6.06. The van der Waals surface area contributed by atoms with Gasteiger partial charge in [0.15, 0.2) is 5.96 Å². The van der Waals surface area contributed by atoms with Gasteiger partial charge in [-0.05, 0) is 38.3 Å². The van der Waals surface area contributed by atoms with Crippen molar-refractivity contribution in [3.05, 3.63) is 29.8 Å². The standard InChI is InChI=1S/C18H30N4O.HI/c1-14-7-6-10-22(12-14)15(2)11-20-18(19)21-17-9-5-4-8-16(17)13-23-3;/h4-5,8-9,14-15H,6-7,10-13H2,1-3H3,(H3,19,20,21);1H. The third-order valence-electron chi connectivity index (χ3n) is 4.42. The Labute approximate surface area is 163 Å². The van der Waals surface area contributed by atoms with Crippen molar-refractivity contribution in [2.24, 2.45) is 16.6 Å². The van der Waals surface area contributed by atoms with E-state index in [0.29, 0.717) is 18.6 Å². The number of nitrogens with zero attached hydrogens (tertiary/aromatic N) is 2. The Morgan fingerprint density at radius 3 is 2.92 bits per heavy atom. The van der Waals surface area contributed by atoms with Gasteiger partial charge in [-0.2, -0.15) is 0 Å². The predicted octanol–water partition coefficient (Wildman–Crippen LogP) is 3.30. The number of halogens is 1. The van der Waals surface area contributed by atoms with E-state index in [9.17, 15) is 0 Å². The third-order valence-corrected chi connectivity index (χ3v) is 4.42. The Balaban J connectivity index is 0.00000288. The maximum atomic E-state index is 6.06. The maximum Gasteiger partial charge on any atom is 0.193 e. The minimum atomic E-state index is 0. The number of nitrogens with one attached hydrogen (secondary N) is 1. The van der Waals surface area contributed by atoms with Crippen molar-refractivity contribution < 1.29 is 4.74 Å². The van der Waals surface area contributed by atoms with E-state index in [1.165, 1.54) is 25.9 Å². The minimum Gasteiger partial charge on any atom is -0.380 e. The van der Waals surface area contributed by atoms with Crippen LogP contribution in [0.4, 0.5) is 5.69 Å². The topological polar surface area (TPSA) is 62.9 Å². The van der Waals surface area contributed by atoms with Crippen molar-refractivity contribution >= 4 is 35.6 Å². The van der Waals surface area contributed by atoms with E-state index < -0.39 is 0 Å². The highest BCUT2D eigenvalue weighted by atomic mass is 127. The lowest BCUT2D eigenvalue weighted by Gasteiger charge is -2.34. The molecule has 1 aliphatic heterocycles. The van der Waals surface area contributed by atoms with Crippen molar-refractivity contribution in [1.82, 2.24) is 4.90 Å². The summed E-state index contributed by atoms with van der Waals surface area (Å²) in [6.07, 6.45) is 2.62. The number of ether oxygens (including phenoxy) is 1. The predicted molar refractivity (Wildman–Crippen MR) is 112 cm³/mol. The van der Waals surface area contributed by atoms with Crippen molar-refractivity contribution in [2.75, 3.05) is 32.1 Å². The Morgan fingerprint density at radius 2 is 2.21 bits per heavy atom. The molecule has 0 aliphatic carbocycles. The molecule has 1 aliphatic rings. The molecule has 136 valence electrons. The molecule has 3 N–H and O–H groups in total. The van der Waals surface area contributed by atoms with Gasteiger partial charge in [0, 0.05) is 30.9 Å². The van der Waals surface area contributed by atoms with Gasteiger partial charge in [-0.15, -0.1) is 24.0 Å². The molecule has 1 saturated heterocycles. The summed E-state index contributed by atoms with van der Waals surface area (Å²) in [6, 6.07) is 8.41. The van der Waals surface area contributed by atoms with Crippen LogP contribution in [0.2, 0.25) is 0 Å². The number of hydrogen-bond donors (Lipinski definition) is 2. The number of anilines is 1. The van der Waals surface area contributed by atoms with Gasteiger partial charge in [0.05, 0.1) is 13.2 Å². The number of methoxy groups -OCH3 is 1. The Hall–Kier alpha value is -0.860. The van der Waals surface area contributed by atoms with Crippen molar-refractivity contribution in [3.8, 4) is 0 Å². The van der Waals surface area contributed by atoms with E-state index in [2.05, 4.69) is 29.1 Å². The highest BCUT2D eigenvalue weighted by Crippen LogP contribution is 2.18. The monoisotopic (exact) mass is 446 g/mol. The van der Waals surface area contributed by atoms with Crippen LogP contribution < -0.4 is 11.1 Å². The summed E-state index contributed by atoms with van der Waals surface area (Å²) in [5.74, 6) is 1.25. The fraction of sp³-hybridized carbons (Fsp3) is 0.611. The number of guanidine groups is 1. The molecule has 2 rings (SSSR count). The SMILES string of the molecule is COCc1ccccc1NC(N)=NCC(C)N1CCCC(C)C1.I. The fourth-order valence-electron chi connectivity index (χ4n) is 3.07. The van der Waals surface area contributed by atoms with Gasteiger partial charge >= 0.3 is 0 Å². The Morgan fingerprint density at radius 1 is 1.46 bits per heavy atom. The number of para-hydroxylation sites is 1. The fourth-order valence-corrected chi connectivity index (χ4v) is 3.07. The lowest BCUT2D eigenvalue weighted by Crippen LogP contribution is -2.42. The first kappa shape index (κ1) is 21.2. The number of likely N-dealkylation sites (tertiary alicyclic amines) is 1. The molecule has 1 aromatic rings. The molecule has 0 bridgehead atoms. The molecule has 1 aromatic carbocycles. The van der Waals surface area contributed by atoms with Crippen LogP contribution in [0.25, 0.3) is 0 Å². The molecule has 6 heteroatoms. The van der Waals surface area contributed by atoms with E-state index >= 15 is 0 Å². The second-order valence-corrected chi connectivity index (χ2v) is 6.53.